The Kier molecular flexibility index (Phi) is 5.55. The Balaban J connectivity index is 1.65. The fourth-order valence-corrected chi connectivity index (χ4v) is 4.05. The molecule has 0 fully saturated rings. The number of nitrogens with zero attached hydrogens (tertiary/aromatic N) is 3. The third-order valence-electron chi connectivity index (χ3n) is 5.09. The first-order valence-corrected chi connectivity index (χ1v) is 10.5. The molecule has 3 aromatic rings. The number of ether oxygens (including phenoxy) is 1. The third-order valence-corrected chi connectivity index (χ3v) is 5.78. The second-order valence-corrected chi connectivity index (χ2v) is 7.82. The molecule has 1 atom stereocenters. The van der Waals surface area contributed by atoms with Gasteiger partial charge < -0.3 is 4.74 Å². The van der Waals surface area contributed by atoms with Gasteiger partial charge in [-0.3, -0.25) is 20.0 Å². The van der Waals surface area contributed by atoms with Crippen molar-refractivity contribution in [3.05, 3.63) is 52.7 Å². The fourth-order valence-electron chi connectivity index (χ4n) is 3.51. The van der Waals surface area contributed by atoms with Crippen LogP contribution in [0.4, 0.5) is 5.13 Å². The van der Waals surface area contributed by atoms with E-state index in [-0.39, 0.29) is 0 Å². The molecule has 7 nitrogen and oxygen atoms in total. The number of benzene rings is 1. The number of likely N-dealkylation sites (N-methyl/N-ethyl adjacent to an activating group) is 1. The minimum Gasteiger partial charge on any atom is -0.449 e. The van der Waals surface area contributed by atoms with Crippen molar-refractivity contribution in [1.82, 2.24) is 14.9 Å². The molecule has 1 aliphatic rings. The van der Waals surface area contributed by atoms with Gasteiger partial charge >= 0.3 is 5.97 Å². The number of hydrogen-bond acceptors (Lipinski definition) is 7. The van der Waals surface area contributed by atoms with Crippen LogP contribution in [0.15, 0.2) is 35.8 Å². The highest BCUT2D eigenvalue weighted by Gasteiger charge is 2.28. The van der Waals surface area contributed by atoms with Crippen LogP contribution in [0, 0.1) is 0 Å². The Morgan fingerprint density at radius 1 is 1.34 bits per heavy atom. The van der Waals surface area contributed by atoms with Gasteiger partial charge in [-0.25, -0.2) is 9.78 Å². The topological polar surface area (TPSA) is 84.4 Å². The van der Waals surface area contributed by atoms with E-state index in [9.17, 15) is 9.59 Å². The van der Waals surface area contributed by atoms with Crippen LogP contribution in [0.1, 0.15) is 35.5 Å². The minimum absolute atomic E-state index is 0.407. The minimum atomic E-state index is -0.945. The Morgan fingerprint density at radius 2 is 2.17 bits per heavy atom. The second kappa shape index (κ2) is 8.26. The van der Waals surface area contributed by atoms with Crippen LogP contribution < -0.4 is 5.32 Å². The first-order chi connectivity index (χ1) is 14.1. The molecule has 4 rings (SSSR count). The largest absolute Gasteiger partial charge is 0.449 e. The van der Waals surface area contributed by atoms with Crippen molar-refractivity contribution in [2.45, 2.75) is 32.9 Å². The van der Waals surface area contributed by atoms with Crippen molar-refractivity contribution in [2.24, 2.45) is 0 Å². The van der Waals surface area contributed by atoms with Crippen molar-refractivity contribution in [3.63, 3.8) is 0 Å². The van der Waals surface area contributed by atoms with Crippen molar-refractivity contribution in [3.8, 4) is 0 Å². The molecule has 29 heavy (non-hydrogen) atoms. The summed E-state index contributed by atoms with van der Waals surface area (Å²) in [5, 5.41) is 5.66. The first-order valence-electron chi connectivity index (χ1n) is 9.61. The second-order valence-electron chi connectivity index (χ2n) is 6.92. The number of para-hydroxylation sites is 1. The Labute approximate surface area is 172 Å². The van der Waals surface area contributed by atoms with Crippen LogP contribution >= 0.6 is 11.3 Å². The molecule has 1 aromatic carbocycles. The summed E-state index contributed by atoms with van der Waals surface area (Å²) in [6.45, 7) is 6.12. The van der Waals surface area contributed by atoms with Gasteiger partial charge in [0.1, 0.15) is 0 Å². The van der Waals surface area contributed by atoms with E-state index < -0.39 is 18.0 Å². The first kappa shape index (κ1) is 19.5. The molecule has 8 heteroatoms. The Morgan fingerprint density at radius 3 is 2.93 bits per heavy atom. The van der Waals surface area contributed by atoms with Crippen LogP contribution in [0.5, 0.6) is 0 Å². The lowest BCUT2D eigenvalue weighted by atomic mass is 9.95. The maximum atomic E-state index is 13.2. The summed E-state index contributed by atoms with van der Waals surface area (Å²) >= 11 is 1.31. The number of carbonyl (C=O) groups excluding carboxylic acids is 2. The number of hydrogen-bond donors (Lipinski definition) is 1. The average Bonchev–Trinajstić information content (AvgIpc) is 3.24. The molecule has 0 bridgehead atoms. The van der Waals surface area contributed by atoms with Crippen LogP contribution in [0.2, 0.25) is 0 Å². The van der Waals surface area contributed by atoms with Gasteiger partial charge in [-0.05, 0) is 19.5 Å². The van der Waals surface area contributed by atoms with Crippen LogP contribution in [-0.2, 0) is 22.5 Å². The van der Waals surface area contributed by atoms with Crippen LogP contribution in [-0.4, -0.2) is 45.9 Å². The summed E-state index contributed by atoms with van der Waals surface area (Å²) in [6, 6.07) is 7.57. The Hall–Kier alpha value is -2.84. The number of carbonyl (C=O) groups is 2. The van der Waals surface area contributed by atoms with Crippen LogP contribution in [0.3, 0.4) is 0 Å². The highest BCUT2D eigenvalue weighted by atomic mass is 32.1. The number of pyridine rings is 1. The molecule has 3 heterocycles. The lowest BCUT2D eigenvalue weighted by Gasteiger charge is -2.29. The van der Waals surface area contributed by atoms with Crippen molar-refractivity contribution in [1.29, 1.82) is 0 Å². The Bertz CT molecular complexity index is 1050. The fraction of sp³-hybridized carbons (Fsp3) is 0.333. The number of anilines is 1. The van der Waals surface area contributed by atoms with E-state index in [1.807, 2.05) is 24.3 Å². The lowest BCUT2D eigenvalue weighted by molar-refractivity contribution is -0.123. The zero-order valence-electron chi connectivity index (χ0n) is 16.3. The normalized spacial score (nSPS) is 15.0. The summed E-state index contributed by atoms with van der Waals surface area (Å²) in [5.74, 6) is -0.907. The van der Waals surface area contributed by atoms with E-state index in [1.165, 1.54) is 11.3 Å². The number of esters is 1. The summed E-state index contributed by atoms with van der Waals surface area (Å²) in [4.78, 5) is 36.6. The quantitative estimate of drug-likeness (QED) is 0.650. The van der Waals surface area contributed by atoms with Gasteiger partial charge in [0, 0.05) is 47.7 Å². The monoisotopic (exact) mass is 410 g/mol. The molecular weight excluding hydrogens is 388 g/mol. The molecule has 0 saturated carbocycles. The summed E-state index contributed by atoms with van der Waals surface area (Å²) < 4.78 is 5.57. The van der Waals surface area contributed by atoms with Gasteiger partial charge in [0.05, 0.1) is 11.1 Å². The van der Waals surface area contributed by atoms with Crippen molar-refractivity contribution in [2.75, 3.05) is 18.4 Å². The van der Waals surface area contributed by atoms with Gasteiger partial charge in [0.15, 0.2) is 11.2 Å². The molecule has 2 aromatic heterocycles. The molecule has 0 spiro atoms. The zero-order valence-corrected chi connectivity index (χ0v) is 17.2. The molecule has 0 aliphatic carbocycles. The van der Waals surface area contributed by atoms with Gasteiger partial charge in [-0.15, -0.1) is 11.3 Å². The van der Waals surface area contributed by atoms with Crippen molar-refractivity contribution < 1.29 is 14.3 Å². The maximum absolute atomic E-state index is 13.2. The van der Waals surface area contributed by atoms with Gasteiger partial charge in [-0.2, -0.15) is 0 Å². The average molecular weight is 410 g/mol. The molecule has 0 radical (unpaired) electrons. The smallest absolute Gasteiger partial charge is 0.339 e. The van der Waals surface area contributed by atoms with Gasteiger partial charge in [-0.1, -0.05) is 25.1 Å². The van der Waals surface area contributed by atoms with Crippen molar-refractivity contribution >= 4 is 39.2 Å². The third kappa shape index (κ3) is 3.99. The number of aromatic nitrogens is 2. The van der Waals surface area contributed by atoms with E-state index in [0.29, 0.717) is 17.2 Å². The standard InChI is InChI=1S/C21H22N4O3S/c1-3-25-10-8-17-15(12-25)18(14-6-4-5-7-16(14)23-17)20(27)28-13(2)19(26)24-21-22-9-11-29-21/h4-7,9,11,13H,3,8,10,12H2,1-2H3,(H,22,24,26). The molecular formula is C21H22N4O3S. The molecule has 150 valence electrons. The summed E-state index contributed by atoms with van der Waals surface area (Å²) in [7, 11) is 0. The zero-order chi connectivity index (χ0) is 20.4. The van der Waals surface area contributed by atoms with Crippen LogP contribution in [0.25, 0.3) is 10.9 Å². The van der Waals surface area contributed by atoms with Gasteiger partial charge in [0.2, 0.25) is 0 Å². The lowest BCUT2D eigenvalue weighted by Crippen LogP contribution is -2.34. The van der Waals surface area contributed by atoms with E-state index in [4.69, 9.17) is 9.72 Å². The number of amides is 1. The molecule has 0 saturated heterocycles. The number of rotatable bonds is 5. The molecule has 1 N–H and O–H groups in total. The highest BCUT2D eigenvalue weighted by molar-refractivity contribution is 7.13. The number of fused-ring (bicyclic) bond motifs is 2. The predicted molar refractivity (Wildman–Crippen MR) is 112 cm³/mol. The summed E-state index contributed by atoms with van der Waals surface area (Å²) in [5.41, 5.74) is 3.11. The maximum Gasteiger partial charge on any atom is 0.339 e. The summed E-state index contributed by atoms with van der Waals surface area (Å²) in [6.07, 6.45) is 1.44. The molecule has 1 amide bonds. The number of nitrogens with one attached hydrogen (secondary N) is 1. The van der Waals surface area contributed by atoms with E-state index in [0.717, 1.165) is 41.7 Å². The predicted octanol–water partition coefficient (Wildman–Crippen LogP) is 3.25. The molecule has 1 aliphatic heterocycles. The number of thiazole rings is 1. The van der Waals surface area contributed by atoms with E-state index in [1.54, 1.807) is 18.5 Å². The molecule has 1 unspecified atom stereocenters. The van der Waals surface area contributed by atoms with Gasteiger partial charge in [0.25, 0.3) is 5.91 Å². The SMILES string of the molecule is CCN1CCc2nc3ccccc3c(C(=O)OC(C)C(=O)Nc3nccs3)c2C1. The van der Waals surface area contributed by atoms with E-state index in [2.05, 4.69) is 22.1 Å². The highest BCUT2D eigenvalue weighted by Crippen LogP contribution is 2.29. The van der Waals surface area contributed by atoms with E-state index >= 15 is 0 Å².